The molecule has 1 aromatic heterocycles. The predicted octanol–water partition coefficient (Wildman–Crippen LogP) is 2.30. The minimum atomic E-state index is 0.0197. The molecule has 0 radical (unpaired) electrons. The molecule has 17 heavy (non-hydrogen) atoms. The second-order valence-electron chi connectivity index (χ2n) is 3.91. The molecule has 2 amide bonds. The number of aromatic nitrogens is 2. The van der Waals surface area contributed by atoms with E-state index < -0.39 is 0 Å². The van der Waals surface area contributed by atoms with E-state index in [4.69, 9.17) is 0 Å². The van der Waals surface area contributed by atoms with Crippen molar-refractivity contribution in [3.63, 3.8) is 0 Å². The highest BCUT2D eigenvalue weighted by atomic mass is 32.2. The van der Waals surface area contributed by atoms with Gasteiger partial charge in [-0.05, 0) is 6.42 Å². The molecule has 0 N–H and O–H groups in total. The molecule has 0 saturated carbocycles. The number of likely N-dealkylation sites (N-methyl/N-ethyl adjacent to an activating group) is 1. The van der Waals surface area contributed by atoms with Crippen LogP contribution in [0.4, 0.5) is 9.93 Å². The summed E-state index contributed by atoms with van der Waals surface area (Å²) in [5.74, 6) is 1.07. The van der Waals surface area contributed by atoms with E-state index in [0.717, 1.165) is 21.8 Å². The molecule has 0 unspecified atom stereocenters. The lowest BCUT2D eigenvalue weighted by atomic mass is 10.4. The van der Waals surface area contributed by atoms with Gasteiger partial charge in [-0.1, -0.05) is 36.4 Å². The summed E-state index contributed by atoms with van der Waals surface area (Å²) in [5, 5.41) is 8.92. The highest BCUT2D eigenvalue weighted by Gasteiger charge is 2.29. The first-order valence-electron chi connectivity index (χ1n) is 5.71. The van der Waals surface area contributed by atoms with Crippen molar-refractivity contribution in [1.29, 1.82) is 0 Å². The summed E-state index contributed by atoms with van der Waals surface area (Å²) in [6, 6.07) is 0.0197. The van der Waals surface area contributed by atoms with E-state index in [1.807, 2.05) is 0 Å². The summed E-state index contributed by atoms with van der Waals surface area (Å²) in [6.07, 6.45) is 2.37. The highest BCUT2D eigenvalue weighted by molar-refractivity contribution is 8.01. The zero-order chi connectivity index (χ0) is 12.3. The maximum atomic E-state index is 11.8. The molecule has 1 aromatic rings. The van der Waals surface area contributed by atoms with E-state index in [0.29, 0.717) is 6.54 Å². The van der Waals surface area contributed by atoms with Crippen molar-refractivity contribution in [1.82, 2.24) is 15.1 Å². The minimum absolute atomic E-state index is 0.0197. The van der Waals surface area contributed by atoms with Crippen molar-refractivity contribution >= 4 is 34.3 Å². The second-order valence-corrected chi connectivity index (χ2v) is 6.21. The molecular weight excluding hydrogens is 256 g/mol. The van der Waals surface area contributed by atoms with Crippen molar-refractivity contribution in [2.24, 2.45) is 0 Å². The third-order valence-corrected chi connectivity index (χ3v) is 4.73. The molecule has 7 heteroatoms. The molecule has 0 bridgehead atoms. The fourth-order valence-electron chi connectivity index (χ4n) is 1.50. The van der Waals surface area contributed by atoms with E-state index in [9.17, 15) is 4.79 Å². The maximum absolute atomic E-state index is 11.8. The van der Waals surface area contributed by atoms with Crippen LogP contribution in [-0.4, -0.2) is 47.0 Å². The van der Waals surface area contributed by atoms with Crippen LogP contribution < -0.4 is 4.90 Å². The number of hydrogen-bond acceptors (Lipinski definition) is 5. The van der Waals surface area contributed by atoms with Crippen molar-refractivity contribution in [3.8, 4) is 0 Å². The Balaban J connectivity index is 1.96. The first-order valence-corrected chi connectivity index (χ1v) is 7.51. The normalized spacial score (nSPS) is 16.0. The summed E-state index contributed by atoms with van der Waals surface area (Å²) < 4.78 is 0.954. The van der Waals surface area contributed by atoms with Gasteiger partial charge in [-0.3, -0.25) is 4.90 Å². The number of carbonyl (C=O) groups is 1. The molecule has 1 aliphatic rings. The van der Waals surface area contributed by atoms with Gasteiger partial charge in [0.25, 0.3) is 0 Å². The SMILES string of the molecule is CCCCSc1nnc(N2CCN(C)C2=O)s1. The fourth-order valence-corrected chi connectivity index (χ4v) is 3.51. The molecular formula is C10H16N4OS2. The first kappa shape index (κ1) is 12.6. The van der Waals surface area contributed by atoms with E-state index >= 15 is 0 Å². The predicted molar refractivity (Wildman–Crippen MR) is 70.9 cm³/mol. The van der Waals surface area contributed by atoms with Gasteiger partial charge in [-0.15, -0.1) is 10.2 Å². The van der Waals surface area contributed by atoms with E-state index in [-0.39, 0.29) is 6.03 Å². The lowest BCUT2D eigenvalue weighted by Crippen LogP contribution is -2.29. The van der Waals surface area contributed by atoms with Crippen LogP contribution in [0.3, 0.4) is 0 Å². The maximum Gasteiger partial charge on any atom is 0.326 e. The van der Waals surface area contributed by atoms with Crippen molar-refractivity contribution in [2.75, 3.05) is 30.8 Å². The molecule has 0 aromatic carbocycles. The highest BCUT2D eigenvalue weighted by Crippen LogP contribution is 2.30. The smallest absolute Gasteiger partial charge is 0.326 e. The van der Waals surface area contributed by atoms with E-state index in [1.54, 1.807) is 28.6 Å². The molecule has 2 heterocycles. The Morgan fingerprint density at radius 3 is 2.88 bits per heavy atom. The topological polar surface area (TPSA) is 49.3 Å². The summed E-state index contributed by atoms with van der Waals surface area (Å²) >= 11 is 3.23. The monoisotopic (exact) mass is 272 g/mol. The molecule has 2 rings (SSSR count). The van der Waals surface area contributed by atoms with Gasteiger partial charge in [-0.2, -0.15) is 0 Å². The largest absolute Gasteiger partial charge is 0.326 e. The van der Waals surface area contributed by atoms with Crippen molar-refractivity contribution in [3.05, 3.63) is 0 Å². The Hall–Kier alpha value is -0.820. The molecule has 1 aliphatic heterocycles. The standard InChI is InChI=1S/C10H16N4OS2/c1-3-4-7-16-9-12-11-8(17-9)14-6-5-13(2)10(14)15/h3-7H2,1-2H3. The number of rotatable bonds is 5. The summed E-state index contributed by atoms with van der Waals surface area (Å²) in [5.41, 5.74) is 0. The summed E-state index contributed by atoms with van der Waals surface area (Å²) in [4.78, 5) is 15.2. The average Bonchev–Trinajstić information content (AvgIpc) is 2.89. The minimum Gasteiger partial charge on any atom is -0.326 e. The number of carbonyl (C=O) groups excluding carboxylic acids is 1. The average molecular weight is 272 g/mol. The quantitative estimate of drug-likeness (QED) is 0.469. The number of urea groups is 1. The van der Waals surface area contributed by atoms with Gasteiger partial charge < -0.3 is 4.90 Å². The Labute approximate surface area is 109 Å². The van der Waals surface area contributed by atoms with Crippen LogP contribution in [0.15, 0.2) is 4.34 Å². The molecule has 1 saturated heterocycles. The van der Waals surface area contributed by atoms with Gasteiger partial charge in [0.2, 0.25) is 5.13 Å². The molecule has 5 nitrogen and oxygen atoms in total. The lowest BCUT2D eigenvalue weighted by molar-refractivity contribution is 0.229. The van der Waals surface area contributed by atoms with E-state index in [2.05, 4.69) is 17.1 Å². The molecule has 1 fully saturated rings. The van der Waals surface area contributed by atoms with Gasteiger partial charge in [0.1, 0.15) is 0 Å². The van der Waals surface area contributed by atoms with Crippen molar-refractivity contribution < 1.29 is 4.79 Å². The number of thioether (sulfide) groups is 1. The van der Waals surface area contributed by atoms with Gasteiger partial charge in [0.15, 0.2) is 4.34 Å². The Bertz CT molecular complexity index is 395. The van der Waals surface area contributed by atoms with E-state index in [1.165, 1.54) is 24.2 Å². The Morgan fingerprint density at radius 1 is 1.41 bits per heavy atom. The number of unbranched alkanes of at least 4 members (excludes halogenated alkanes) is 1. The third-order valence-electron chi connectivity index (χ3n) is 2.57. The van der Waals surface area contributed by atoms with Gasteiger partial charge in [0.05, 0.1) is 0 Å². The first-order chi connectivity index (χ1) is 8.22. The van der Waals surface area contributed by atoms with Gasteiger partial charge >= 0.3 is 6.03 Å². The van der Waals surface area contributed by atoms with Crippen molar-refractivity contribution in [2.45, 2.75) is 24.1 Å². The van der Waals surface area contributed by atoms with Crippen LogP contribution in [0, 0.1) is 0 Å². The molecule has 0 aliphatic carbocycles. The van der Waals surface area contributed by atoms with Gasteiger partial charge in [-0.25, -0.2) is 4.79 Å². The number of anilines is 1. The molecule has 94 valence electrons. The van der Waals surface area contributed by atoms with Gasteiger partial charge in [0, 0.05) is 25.9 Å². The zero-order valence-electron chi connectivity index (χ0n) is 10.0. The van der Waals surface area contributed by atoms with Crippen LogP contribution >= 0.6 is 23.1 Å². The number of amides is 2. The van der Waals surface area contributed by atoms with Crippen LogP contribution in [-0.2, 0) is 0 Å². The Kier molecular flexibility index (Phi) is 4.22. The van der Waals surface area contributed by atoms with Crippen LogP contribution in [0.2, 0.25) is 0 Å². The Morgan fingerprint density at radius 2 is 2.24 bits per heavy atom. The molecule has 0 atom stereocenters. The molecule has 0 spiro atoms. The third kappa shape index (κ3) is 2.90. The van der Waals surface area contributed by atoms with Crippen LogP contribution in [0.25, 0.3) is 0 Å². The number of hydrogen-bond donors (Lipinski definition) is 0. The zero-order valence-corrected chi connectivity index (χ0v) is 11.7. The summed E-state index contributed by atoms with van der Waals surface area (Å²) in [6.45, 7) is 3.64. The summed E-state index contributed by atoms with van der Waals surface area (Å²) in [7, 11) is 1.81. The number of nitrogens with zero attached hydrogens (tertiary/aromatic N) is 4. The second kappa shape index (κ2) is 5.68. The fraction of sp³-hybridized carbons (Fsp3) is 0.700. The van der Waals surface area contributed by atoms with Crippen LogP contribution in [0.1, 0.15) is 19.8 Å². The van der Waals surface area contributed by atoms with Crippen LogP contribution in [0.5, 0.6) is 0 Å². The lowest BCUT2D eigenvalue weighted by Gasteiger charge is -2.10.